The molecule has 0 unspecified atom stereocenters. The average molecular weight is 421 g/mol. The van der Waals surface area contributed by atoms with E-state index in [0.29, 0.717) is 11.3 Å². The van der Waals surface area contributed by atoms with E-state index in [1.807, 2.05) is 19.4 Å². The van der Waals surface area contributed by atoms with E-state index in [-0.39, 0.29) is 23.6 Å². The van der Waals surface area contributed by atoms with Gasteiger partial charge in [-0.15, -0.1) is 11.8 Å². The Kier molecular flexibility index (Phi) is 5.72. The van der Waals surface area contributed by atoms with Gasteiger partial charge in [0.2, 0.25) is 5.91 Å². The number of aliphatic hydroxyl groups excluding tert-OH is 1. The van der Waals surface area contributed by atoms with Crippen LogP contribution < -0.4 is 5.32 Å². The molecule has 158 valence electrons. The minimum Gasteiger partial charge on any atom is -0.477 e. The van der Waals surface area contributed by atoms with Gasteiger partial charge in [-0.1, -0.05) is 6.92 Å². The minimum absolute atomic E-state index is 0.0660. The number of aromatic nitrogens is 2. The van der Waals surface area contributed by atoms with E-state index >= 15 is 0 Å². The molecule has 8 nitrogen and oxygen atoms in total. The number of β-lactam (4-membered cyclic amide) rings is 1. The lowest BCUT2D eigenvalue weighted by atomic mass is 9.79. The van der Waals surface area contributed by atoms with Crippen molar-refractivity contribution >= 4 is 23.6 Å². The third-order valence-electron chi connectivity index (χ3n) is 6.31. The first-order valence-corrected chi connectivity index (χ1v) is 11.1. The summed E-state index contributed by atoms with van der Waals surface area (Å²) in [6, 6.07) is 0.182. The molecule has 9 heteroatoms. The molecule has 0 saturated carbocycles. The number of carboxylic acids is 1. The molecule has 1 aromatic rings. The van der Waals surface area contributed by atoms with Gasteiger partial charge >= 0.3 is 5.97 Å². The Morgan fingerprint density at radius 1 is 1.48 bits per heavy atom. The number of aryl methyl sites for hydroxylation is 1. The van der Waals surface area contributed by atoms with Crippen molar-refractivity contribution < 1.29 is 19.8 Å². The van der Waals surface area contributed by atoms with E-state index in [1.54, 1.807) is 24.9 Å². The van der Waals surface area contributed by atoms with Crippen molar-refractivity contribution in [2.45, 2.75) is 63.1 Å². The molecule has 3 aliphatic heterocycles. The van der Waals surface area contributed by atoms with E-state index in [1.165, 1.54) is 4.90 Å². The second kappa shape index (κ2) is 8.12. The van der Waals surface area contributed by atoms with Gasteiger partial charge in [-0.25, -0.2) is 9.78 Å². The lowest BCUT2D eigenvalue weighted by Crippen LogP contribution is -2.63. The van der Waals surface area contributed by atoms with E-state index in [4.69, 9.17) is 0 Å². The third-order valence-corrected chi connectivity index (χ3v) is 7.83. The van der Waals surface area contributed by atoms with Gasteiger partial charge in [-0.3, -0.25) is 4.79 Å². The summed E-state index contributed by atoms with van der Waals surface area (Å²) in [7, 11) is 0. The van der Waals surface area contributed by atoms with Gasteiger partial charge in [0.15, 0.2) is 0 Å². The van der Waals surface area contributed by atoms with Crippen LogP contribution in [0.2, 0.25) is 0 Å². The molecule has 0 spiro atoms. The van der Waals surface area contributed by atoms with Gasteiger partial charge in [0.25, 0.3) is 0 Å². The summed E-state index contributed by atoms with van der Waals surface area (Å²) in [4.78, 5) is 30.6. The van der Waals surface area contributed by atoms with Crippen molar-refractivity contribution in [3.63, 3.8) is 0 Å². The second-order valence-electron chi connectivity index (χ2n) is 8.30. The average Bonchev–Trinajstić information content (AvgIpc) is 3.37. The SMILES string of the molecule is C[C@@H](O)[C@H]1C(=O)N2C(C(=O)O)=C(S[C@@H]3CN[C@@H](CCCn4ccnc4)C3)[C@H](C)[C@H]12. The second-order valence-corrected chi connectivity index (χ2v) is 9.64. The van der Waals surface area contributed by atoms with Crippen molar-refractivity contribution in [2.75, 3.05) is 6.54 Å². The molecule has 0 radical (unpaired) electrons. The standard InChI is InChI=1S/C20H28N4O4S/c1-11-16-15(12(2)25)19(26)24(16)17(20(27)28)18(11)29-14-8-13(22-9-14)4-3-6-23-7-5-21-10-23/h5,7,10-16,22,25H,3-4,6,8-9H2,1-2H3,(H,27,28)/t11-,12-,13+,14+,15-,16-/m1/s1. The first kappa shape index (κ1) is 20.4. The van der Waals surface area contributed by atoms with Crippen LogP contribution in [-0.4, -0.2) is 66.5 Å². The Labute approximate surface area is 174 Å². The van der Waals surface area contributed by atoms with Gasteiger partial charge < -0.3 is 25.0 Å². The normalized spacial score (nSPS) is 32.4. The predicted octanol–water partition coefficient (Wildman–Crippen LogP) is 1.28. The number of hydrogen-bond donors (Lipinski definition) is 3. The number of imidazole rings is 1. The van der Waals surface area contributed by atoms with Crippen molar-refractivity contribution in [1.82, 2.24) is 19.8 Å². The topological polar surface area (TPSA) is 108 Å². The number of amides is 1. The van der Waals surface area contributed by atoms with Crippen LogP contribution in [0.25, 0.3) is 0 Å². The minimum atomic E-state index is -1.05. The van der Waals surface area contributed by atoms with Gasteiger partial charge in [0.05, 0.1) is 24.4 Å². The molecule has 4 rings (SSSR count). The zero-order valence-corrected chi connectivity index (χ0v) is 17.5. The first-order valence-electron chi connectivity index (χ1n) is 10.2. The molecular formula is C20H28N4O4S. The summed E-state index contributed by atoms with van der Waals surface area (Å²) < 4.78 is 2.07. The quantitative estimate of drug-likeness (QED) is 0.544. The fraction of sp³-hybridized carbons (Fsp3) is 0.650. The van der Waals surface area contributed by atoms with E-state index in [0.717, 1.165) is 37.3 Å². The molecule has 3 N–H and O–H groups in total. The Morgan fingerprint density at radius 2 is 2.28 bits per heavy atom. The molecule has 0 bridgehead atoms. The number of carbonyl (C=O) groups is 2. The molecule has 0 aliphatic carbocycles. The largest absolute Gasteiger partial charge is 0.477 e. The fourth-order valence-electron chi connectivity index (χ4n) is 4.89. The number of nitrogens with zero attached hydrogens (tertiary/aromatic N) is 3. The van der Waals surface area contributed by atoms with Crippen molar-refractivity contribution in [3.8, 4) is 0 Å². The van der Waals surface area contributed by atoms with Crippen LogP contribution in [-0.2, 0) is 16.1 Å². The van der Waals surface area contributed by atoms with Gasteiger partial charge in [0.1, 0.15) is 5.70 Å². The Hall–Kier alpha value is -1.84. The summed E-state index contributed by atoms with van der Waals surface area (Å²) in [6.07, 6.45) is 7.92. The number of hydrogen-bond acceptors (Lipinski definition) is 6. The summed E-state index contributed by atoms with van der Waals surface area (Å²) in [5.41, 5.74) is 0.123. The van der Waals surface area contributed by atoms with E-state index in [9.17, 15) is 19.8 Å². The predicted molar refractivity (Wildman–Crippen MR) is 109 cm³/mol. The van der Waals surface area contributed by atoms with E-state index in [2.05, 4.69) is 14.9 Å². The highest BCUT2D eigenvalue weighted by atomic mass is 32.2. The van der Waals surface area contributed by atoms with Crippen molar-refractivity contribution in [2.24, 2.45) is 11.8 Å². The number of fused-ring (bicyclic) bond motifs is 1. The van der Waals surface area contributed by atoms with Crippen LogP contribution in [0.3, 0.4) is 0 Å². The number of carboxylic acid groups (broad SMARTS) is 1. The maximum Gasteiger partial charge on any atom is 0.353 e. The summed E-state index contributed by atoms with van der Waals surface area (Å²) >= 11 is 1.60. The zero-order chi connectivity index (χ0) is 20.7. The van der Waals surface area contributed by atoms with Crippen LogP contribution in [0, 0.1) is 11.8 Å². The highest BCUT2D eigenvalue weighted by Crippen LogP contribution is 2.51. The van der Waals surface area contributed by atoms with Crippen molar-refractivity contribution in [3.05, 3.63) is 29.3 Å². The highest BCUT2D eigenvalue weighted by molar-refractivity contribution is 8.03. The van der Waals surface area contributed by atoms with Gasteiger partial charge in [-0.05, 0) is 26.2 Å². The smallest absolute Gasteiger partial charge is 0.353 e. The number of aliphatic hydroxyl groups is 1. The number of aliphatic carboxylic acids is 1. The molecule has 6 atom stereocenters. The molecule has 2 saturated heterocycles. The molecule has 1 amide bonds. The monoisotopic (exact) mass is 420 g/mol. The van der Waals surface area contributed by atoms with E-state index < -0.39 is 18.0 Å². The van der Waals surface area contributed by atoms with Gasteiger partial charge in [0, 0.05) is 47.6 Å². The lowest BCUT2D eigenvalue weighted by Gasteiger charge is -2.46. The van der Waals surface area contributed by atoms with Crippen LogP contribution in [0.4, 0.5) is 0 Å². The van der Waals surface area contributed by atoms with Crippen molar-refractivity contribution in [1.29, 1.82) is 0 Å². The van der Waals surface area contributed by atoms with Crippen LogP contribution in [0.5, 0.6) is 0 Å². The fourth-order valence-corrected chi connectivity index (χ4v) is 6.41. The number of rotatable bonds is 8. The number of carbonyl (C=O) groups excluding carboxylic acids is 1. The maximum atomic E-state index is 12.4. The summed E-state index contributed by atoms with van der Waals surface area (Å²) in [5.74, 6) is -1.90. The summed E-state index contributed by atoms with van der Waals surface area (Å²) in [5, 5.41) is 23.5. The zero-order valence-electron chi connectivity index (χ0n) is 16.7. The molecule has 1 aromatic heterocycles. The number of nitrogens with one attached hydrogen (secondary N) is 1. The molecule has 0 aromatic carbocycles. The third kappa shape index (κ3) is 3.71. The Morgan fingerprint density at radius 3 is 2.93 bits per heavy atom. The summed E-state index contributed by atoms with van der Waals surface area (Å²) in [6.45, 7) is 5.36. The van der Waals surface area contributed by atoms with Crippen LogP contribution in [0.1, 0.15) is 33.1 Å². The molecule has 3 aliphatic rings. The molecule has 2 fully saturated rings. The molecule has 29 heavy (non-hydrogen) atoms. The first-order chi connectivity index (χ1) is 13.9. The molecule has 4 heterocycles. The van der Waals surface area contributed by atoms with Crippen LogP contribution in [0.15, 0.2) is 29.3 Å². The van der Waals surface area contributed by atoms with Crippen LogP contribution >= 0.6 is 11.8 Å². The van der Waals surface area contributed by atoms with Gasteiger partial charge in [-0.2, -0.15) is 0 Å². The Bertz CT molecular complexity index is 809. The number of thioether (sulfide) groups is 1. The maximum absolute atomic E-state index is 12.4. The molecular weight excluding hydrogens is 392 g/mol. The highest BCUT2D eigenvalue weighted by Gasteiger charge is 2.60. The lowest BCUT2D eigenvalue weighted by molar-refractivity contribution is -0.163. The Balaban J connectivity index is 1.37.